The molecule has 1 atom stereocenters. The van der Waals surface area contributed by atoms with Crippen molar-refractivity contribution in [3.63, 3.8) is 0 Å². The second-order valence-electron chi connectivity index (χ2n) is 5.56. The fourth-order valence-electron chi connectivity index (χ4n) is 2.50. The lowest BCUT2D eigenvalue weighted by molar-refractivity contribution is 0.617. The van der Waals surface area contributed by atoms with Crippen molar-refractivity contribution in [2.75, 3.05) is 6.54 Å². The number of nitrogens with one attached hydrogen (secondary N) is 1. The van der Waals surface area contributed by atoms with Gasteiger partial charge in [0.1, 0.15) is 5.01 Å². The van der Waals surface area contributed by atoms with Gasteiger partial charge in [0.2, 0.25) is 0 Å². The molecule has 0 amide bonds. The van der Waals surface area contributed by atoms with Crippen molar-refractivity contribution in [3.8, 4) is 0 Å². The van der Waals surface area contributed by atoms with Gasteiger partial charge in [0.25, 0.3) is 0 Å². The molecule has 2 rings (SSSR count). The van der Waals surface area contributed by atoms with E-state index >= 15 is 0 Å². The summed E-state index contributed by atoms with van der Waals surface area (Å²) in [4.78, 5) is 4.84. The molecule has 2 nitrogen and oxygen atoms in total. The number of benzene rings is 1. The van der Waals surface area contributed by atoms with E-state index in [0.717, 1.165) is 6.54 Å². The number of hydrogen-bond donors (Lipinski definition) is 1. The number of aryl methyl sites for hydroxylation is 2. The zero-order chi connectivity index (χ0) is 14.7. The Morgan fingerprint density at radius 1 is 1.20 bits per heavy atom. The number of thiazole rings is 1. The van der Waals surface area contributed by atoms with Crippen molar-refractivity contribution in [2.24, 2.45) is 0 Å². The average molecular weight is 288 g/mol. The summed E-state index contributed by atoms with van der Waals surface area (Å²) in [7, 11) is 0. The first-order chi connectivity index (χ1) is 9.54. The van der Waals surface area contributed by atoms with Crippen LogP contribution in [-0.2, 0) is 0 Å². The van der Waals surface area contributed by atoms with Crippen LogP contribution < -0.4 is 5.32 Å². The van der Waals surface area contributed by atoms with Crippen molar-refractivity contribution in [2.45, 2.75) is 46.6 Å². The monoisotopic (exact) mass is 288 g/mol. The highest BCUT2D eigenvalue weighted by Gasteiger charge is 2.20. The SMILES string of the molecule is CCNC(c1nc(C(C)C)cs1)c1c(C)cccc1C. The summed E-state index contributed by atoms with van der Waals surface area (Å²) < 4.78 is 0. The van der Waals surface area contributed by atoms with Gasteiger partial charge in [-0.15, -0.1) is 11.3 Å². The highest BCUT2D eigenvalue weighted by Crippen LogP contribution is 2.31. The summed E-state index contributed by atoms with van der Waals surface area (Å²) in [5.74, 6) is 0.486. The molecule has 0 aliphatic carbocycles. The third kappa shape index (κ3) is 3.10. The molecule has 0 fully saturated rings. The molecule has 0 saturated heterocycles. The lowest BCUT2D eigenvalue weighted by Crippen LogP contribution is -2.23. The van der Waals surface area contributed by atoms with Crippen LogP contribution in [0, 0.1) is 13.8 Å². The van der Waals surface area contributed by atoms with Gasteiger partial charge in [0.15, 0.2) is 0 Å². The van der Waals surface area contributed by atoms with Gasteiger partial charge in [-0.3, -0.25) is 0 Å². The Morgan fingerprint density at radius 2 is 1.85 bits per heavy atom. The molecule has 0 aliphatic rings. The molecule has 0 bridgehead atoms. The van der Waals surface area contributed by atoms with E-state index in [1.165, 1.54) is 27.4 Å². The fourth-order valence-corrected chi connectivity index (χ4v) is 3.56. The summed E-state index contributed by atoms with van der Waals surface area (Å²) in [6.45, 7) is 11.8. The van der Waals surface area contributed by atoms with Crippen LogP contribution in [0.5, 0.6) is 0 Å². The van der Waals surface area contributed by atoms with Gasteiger partial charge in [-0.25, -0.2) is 4.98 Å². The third-order valence-electron chi connectivity index (χ3n) is 3.62. The molecule has 1 aromatic heterocycles. The predicted octanol–water partition coefficient (Wildman–Crippen LogP) is 4.58. The van der Waals surface area contributed by atoms with Crippen LogP contribution in [0.2, 0.25) is 0 Å². The smallest absolute Gasteiger partial charge is 0.114 e. The number of nitrogens with zero attached hydrogens (tertiary/aromatic N) is 1. The van der Waals surface area contributed by atoms with Gasteiger partial charge in [-0.05, 0) is 43.0 Å². The first-order valence-corrected chi connectivity index (χ1v) is 8.17. The molecule has 1 unspecified atom stereocenters. The van der Waals surface area contributed by atoms with Gasteiger partial charge in [0.05, 0.1) is 11.7 Å². The van der Waals surface area contributed by atoms with E-state index in [-0.39, 0.29) is 6.04 Å². The second kappa shape index (κ2) is 6.51. The van der Waals surface area contributed by atoms with Crippen LogP contribution in [0.3, 0.4) is 0 Å². The van der Waals surface area contributed by atoms with E-state index in [2.05, 4.69) is 63.5 Å². The van der Waals surface area contributed by atoms with Crippen molar-refractivity contribution in [1.82, 2.24) is 10.3 Å². The lowest BCUT2D eigenvalue weighted by Gasteiger charge is -2.20. The summed E-state index contributed by atoms with van der Waals surface area (Å²) >= 11 is 1.76. The molecule has 0 spiro atoms. The largest absolute Gasteiger partial charge is 0.305 e. The minimum atomic E-state index is 0.207. The molecule has 0 saturated carbocycles. The topological polar surface area (TPSA) is 24.9 Å². The van der Waals surface area contributed by atoms with Crippen LogP contribution >= 0.6 is 11.3 Å². The van der Waals surface area contributed by atoms with E-state index < -0.39 is 0 Å². The van der Waals surface area contributed by atoms with Crippen LogP contribution in [0.25, 0.3) is 0 Å². The second-order valence-corrected chi connectivity index (χ2v) is 6.45. The molecule has 0 radical (unpaired) electrons. The Morgan fingerprint density at radius 3 is 2.35 bits per heavy atom. The van der Waals surface area contributed by atoms with Crippen LogP contribution in [-0.4, -0.2) is 11.5 Å². The standard InChI is InChI=1S/C17H24N2S/c1-6-18-16(15-12(4)8-7-9-13(15)5)17-19-14(10-20-17)11(2)3/h7-11,16,18H,6H2,1-5H3. The highest BCUT2D eigenvalue weighted by molar-refractivity contribution is 7.09. The Kier molecular flexibility index (Phi) is 4.95. The zero-order valence-electron chi connectivity index (χ0n) is 13.0. The minimum absolute atomic E-state index is 0.207. The molecule has 0 aliphatic heterocycles. The lowest BCUT2D eigenvalue weighted by atomic mass is 9.96. The molecule has 1 N–H and O–H groups in total. The minimum Gasteiger partial charge on any atom is -0.305 e. The summed E-state index contributed by atoms with van der Waals surface area (Å²) in [6.07, 6.45) is 0. The highest BCUT2D eigenvalue weighted by atomic mass is 32.1. The molecule has 1 aromatic carbocycles. The Hall–Kier alpha value is -1.19. The maximum atomic E-state index is 4.84. The van der Waals surface area contributed by atoms with E-state index in [4.69, 9.17) is 4.98 Å². The molecule has 3 heteroatoms. The summed E-state index contributed by atoms with van der Waals surface area (Å²) in [5, 5.41) is 6.96. The molecular formula is C17H24N2S. The van der Waals surface area contributed by atoms with Crippen molar-refractivity contribution >= 4 is 11.3 Å². The van der Waals surface area contributed by atoms with Gasteiger partial charge in [-0.2, -0.15) is 0 Å². The molecule has 108 valence electrons. The van der Waals surface area contributed by atoms with Crippen molar-refractivity contribution < 1.29 is 0 Å². The normalized spacial score (nSPS) is 12.9. The summed E-state index contributed by atoms with van der Waals surface area (Å²) in [5.41, 5.74) is 5.23. The first-order valence-electron chi connectivity index (χ1n) is 7.29. The van der Waals surface area contributed by atoms with Crippen molar-refractivity contribution in [3.05, 3.63) is 51.0 Å². The molecular weight excluding hydrogens is 264 g/mol. The Balaban J connectivity index is 2.45. The van der Waals surface area contributed by atoms with E-state index in [1.54, 1.807) is 11.3 Å². The summed E-state index contributed by atoms with van der Waals surface area (Å²) in [6, 6.07) is 6.70. The maximum absolute atomic E-state index is 4.84. The van der Waals surface area contributed by atoms with Crippen molar-refractivity contribution in [1.29, 1.82) is 0 Å². The fraction of sp³-hybridized carbons (Fsp3) is 0.471. The van der Waals surface area contributed by atoms with E-state index in [9.17, 15) is 0 Å². The maximum Gasteiger partial charge on any atom is 0.114 e. The van der Waals surface area contributed by atoms with E-state index in [0.29, 0.717) is 5.92 Å². The quantitative estimate of drug-likeness (QED) is 0.871. The Labute approximate surface area is 126 Å². The molecule has 1 heterocycles. The zero-order valence-corrected chi connectivity index (χ0v) is 13.8. The predicted molar refractivity (Wildman–Crippen MR) is 87.6 cm³/mol. The van der Waals surface area contributed by atoms with Gasteiger partial charge in [-0.1, -0.05) is 39.0 Å². The molecule has 2 aromatic rings. The van der Waals surface area contributed by atoms with E-state index in [1.807, 2.05) is 0 Å². The average Bonchev–Trinajstić information content (AvgIpc) is 2.87. The van der Waals surface area contributed by atoms with Crippen LogP contribution in [0.4, 0.5) is 0 Å². The number of aromatic nitrogens is 1. The van der Waals surface area contributed by atoms with Crippen LogP contribution in [0.1, 0.15) is 60.1 Å². The molecule has 20 heavy (non-hydrogen) atoms. The van der Waals surface area contributed by atoms with Crippen LogP contribution in [0.15, 0.2) is 23.6 Å². The van der Waals surface area contributed by atoms with Gasteiger partial charge >= 0.3 is 0 Å². The Bertz CT molecular complexity index is 552. The number of hydrogen-bond acceptors (Lipinski definition) is 3. The van der Waals surface area contributed by atoms with Gasteiger partial charge < -0.3 is 5.32 Å². The van der Waals surface area contributed by atoms with Gasteiger partial charge in [0, 0.05) is 5.38 Å². The third-order valence-corrected chi connectivity index (χ3v) is 4.55. The number of rotatable bonds is 5. The first kappa shape index (κ1) is 15.2.